The molecule has 3 nitrogen and oxygen atoms in total. The summed E-state index contributed by atoms with van der Waals surface area (Å²) in [6.07, 6.45) is 4.24. The molecule has 1 unspecified atom stereocenters. The lowest BCUT2D eigenvalue weighted by molar-refractivity contribution is -0.129. The summed E-state index contributed by atoms with van der Waals surface area (Å²) < 4.78 is 0. The minimum atomic E-state index is -0.963. The second-order valence-electron chi connectivity index (χ2n) is 9.22. The van der Waals surface area contributed by atoms with Gasteiger partial charge in [0, 0.05) is 11.3 Å². The van der Waals surface area contributed by atoms with Crippen molar-refractivity contribution in [2.24, 2.45) is 22.2 Å². The highest BCUT2D eigenvalue weighted by Gasteiger charge is 2.59. The first-order valence-corrected chi connectivity index (χ1v) is 9.00. The van der Waals surface area contributed by atoms with Crippen LogP contribution in [-0.2, 0) is 0 Å². The van der Waals surface area contributed by atoms with Crippen LogP contribution in [0.1, 0.15) is 59.8 Å². The molecule has 0 aliphatic heterocycles. The molecule has 1 fully saturated rings. The van der Waals surface area contributed by atoms with Crippen molar-refractivity contribution >= 4 is 0 Å². The third kappa shape index (κ3) is 2.20. The van der Waals surface area contributed by atoms with Gasteiger partial charge in [0.15, 0.2) is 0 Å². The summed E-state index contributed by atoms with van der Waals surface area (Å²) in [5, 5.41) is 32.8. The van der Waals surface area contributed by atoms with E-state index in [0.717, 1.165) is 32.1 Å². The van der Waals surface area contributed by atoms with Crippen LogP contribution in [0.3, 0.4) is 0 Å². The van der Waals surface area contributed by atoms with E-state index >= 15 is 0 Å². The molecular weight excluding hydrogens is 288 g/mol. The van der Waals surface area contributed by atoms with Crippen LogP contribution in [0.5, 0.6) is 0 Å². The smallest absolute Gasteiger partial charge is 0.104 e. The summed E-state index contributed by atoms with van der Waals surface area (Å²) in [6.45, 7) is 12.5. The Morgan fingerprint density at radius 2 is 1.70 bits per heavy atom. The predicted molar refractivity (Wildman–Crippen MR) is 91.8 cm³/mol. The van der Waals surface area contributed by atoms with Crippen LogP contribution in [0, 0.1) is 22.2 Å². The second kappa shape index (κ2) is 5.18. The molecule has 3 N–H and O–H groups in total. The maximum atomic E-state index is 11.0. The van der Waals surface area contributed by atoms with Gasteiger partial charge in [0.1, 0.15) is 6.10 Å². The maximum Gasteiger partial charge on any atom is 0.104 e. The Kier molecular flexibility index (Phi) is 3.87. The molecule has 0 radical (unpaired) electrons. The molecule has 6 atom stereocenters. The molecule has 0 aromatic carbocycles. The molecule has 0 saturated heterocycles. The number of rotatable bonds is 1. The van der Waals surface area contributed by atoms with E-state index in [2.05, 4.69) is 27.4 Å². The van der Waals surface area contributed by atoms with Gasteiger partial charge in [-0.3, -0.25) is 0 Å². The molecule has 3 aliphatic carbocycles. The summed E-state index contributed by atoms with van der Waals surface area (Å²) in [5.74, 6) is 0.0396. The molecule has 0 aromatic heterocycles. The van der Waals surface area contributed by atoms with Crippen molar-refractivity contribution in [3.05, 3.63) is 23.8 Å². The highest BCUT2D eigenvalue weighted by Crippen LogP contribution is 2.62. The minimum absolute atomic E-state index is 0.00390. The Morgan fingerprint density at radius 3 is 2.30 bits per heavy atom. The fourth-order valence-electron chi connectivity index (χ4n) is 5.99. The van der Waals surface area contributed by atoms with Crippen molar-refractivity contribution < 1.29 is 15.3 Å². The third-order valence-corrected chi connectivity index (χ3v) is 7.37. The molecule has 0 amide bonds. The first kappa shape index (κ1) is 17.2. The average molecular weight is 320 g/mol. The number of allylic oxidation sites excluding steroid dienone is 1. The van der Waals surface area contributed by atoms with Crippen LogP contribution < -0.4 is 0 Å². The first-order valence-electron chi connectivity index (χ1n) is 9.00. The van der Waals surface area contributed by atoms with Crippen molar-refractivity contribution in [2.45, 2.75) is 78.1 Å². The number of fused-ring (bicyclic) bond motifs is 2. The molecule has 0 heterocycles. The molecule has 0 bridgehead atoms. The van der Waals surface area contributed by atoms with E-state index < -0.39 is 23.7 Å². The van der Waals surface area contributed by atoms with Gasteiger partial charge in [-0.25, -0.2) is 0 Å². The Hall–Kier alpha value is -0.640. The Labute approximate surface area is 140 Å². The molecule has 130 valence electrons. The van der Waals surface area contributed by atoms with Crippen LogP contribution in [-0.4, -0.2) is 33.6 Å². The maximum absolute atomic E-state index is 11.0. The van der Waals surface area contributed by atoms with Crippen LogP contribution in [0.2, 0.25) is 0 Å². The van der Waals surface area contributed by atoms with Crippen LogP contribution in [0.15, 0.2) is 23.8 Å². The van der Waals surface area contributed by atoms with Crippen molar-refractivity contribution in [2.75, 3.05) is 0 Å². The number of hydrogen-bond donors (Lipinski definition) is 3. The SMILES string of the molecule is C=C[C@@]1(C)CCC2=C([C@H](O)[C@@H](O)C3C(C)(C)CCC[C@]23C)[C@@H]1O. The van der Waals surface area contributed by atoms with E-state index in [1.54, 1.807) is 6.08 Å². The van der Waals surface area contributed by atoms with Crippen LogP contribution >= 0.6 is 0 Å². The molecule has 3 rings (SSSR count). The lowest BCUT2D eigenvalue weighted by Gasteiger charge is -2.60. The predicted octanol–water partition coefficient (Wildman–Crippen LogP) is 3.20. The molecule has 1 saturated carbocycles. The third-order valence-electron chi connectivity index (χ3n) is 7.37. The minimum Gasteiger partial charge on any atom is -0.390 e. The van der Waals surface area contributed by atoms with Gasteiger partial charge in [-0.2, -0.15) is 0 Å². The first-order chi connectivity index (χ1) is 10.6. The lowest BCUT2D eigenvalue weighted by atomic mass is 9.46. The molecule has 3 aliphatic rings. The van der Waals surface area contributed by atoms with E-state index in [4.69, 9.17) is 0 Å². The Bertz CT molecular complexity index is 549. The second-order valence-corrected chi connectivity index (χ2v) is 9.22. The number of aliphatic hydroxyl groups excluding tert-OH is 3. The number of aliphatic hydroxyl groups is 3. The van der Waals surface area contributed by atoms with Crippen molar-refractivity contribution in [1.29, 1.82) is 0 Å². The normalized spacial score (nSPS) is 49.3. The van der Waals surface area contributed by atoms with Crippen molar-refractivity contribution in [3.8, 4) is 0 Å². The zero-order chi connectivity index (χ0) is 17.2. The Morgan fingerprint density at radius 1 is 1.04 bits per heavy atom. The fourth-order valence-corrected chi connectivity index (χ4v) is 5.99. The van der Waals surface area contributed by atoms with Crippen LogP contribution in [0.25, 0.3) is 0 Å². The molecule has 3 heteroatoms. The average Bonchev–Trinajstić information content (AvgIpc) is 2.46. The van der Waals surface area contributed by atoms with Crippen molar-refractivity contribution in [1.82, 2.24) is 0 Å². The summed E-state index contributed by atoms with van der Waals surface area (Å²) in [7, 11) is 0. The van der Waals surface area contributed by atoms with Gasteiger partial charge < -0.3 is 15.3 Å². The summed E-state index contributed by atoms with van der Waals surface area (Å²) in [5.41, 5.74) is 1.34. The zero-order valence-electron chi connectivity index (χ0n) is 15.0. The highest BCUT2D eigenvalue weighted by atomic mass is 16.3. The van der Waals surface area contributed by atoms with Gasteiger partial charge in [0.25, 0.3) is 0 Å². The largest absolute Gasteiger partial charge is 0.390 e. The highest BCUT2D eigenvalue weighted by molar-refractivity contribution is 5.39. The lowest BCUT2D eigenvalue weighted by Crippen LogP contribution is -2.60. The van der Waals surface area contributed by atoms with Gasteiger partial charge in [-0.05, 0) is 42.1 Å². The topological polar surface area (TPSA) is 60.7 Å². The van der Waals surface area contributed by atoms with E-state index in [1.807, 2.05) is 6.92 Å². The monoisotopic (exact) mass is 320 g/mol. The molecule has 0 spiro atoms. The van der Waals surface area contributed by atoms with Crippen LogP contribution in [0.4, 0.5) is 0 Å². The zero-order valence-corrected chi connectivity index (χ0v) is 15.0. The van der Waals surface area contributed by atoms with Gasteiger partial charge in [0.05, 0.1) is 12.2 Å². The molecular formula is C20H32O3. The van der Waals surface area contributed by atoms with Gasteiger partial charge in [-0.1, -0.05) is 45.8 Å². The van der Waals surface area contributed by atoms with Gasteiger partial charge in [-0.15, -0.1) is 6.58 Å². The van der Waals surface area contributed by atoms with Crippen molar-refractivity contribution in [3.63, 3.8) is 0 Å². The Balaban J connectivity index is 2.17. The van der Waals surface area contributed by atoms with E-state index in [9.17, 15) is 15.3 Å². The molecule has 23 heavy (non-hydrogen) atoms. The van der Waals surface area contributed by atoms with E-state index in [0.29, 0.717) is 5.57 Å². The quantitative estimate of drug-likeness (QED) is 0.650. The van der Waals surface area contributed by atoms with E-state index in [-0.39, 0.29) is 16.7 Å². The molecule has 0 aromatic rings. The van der Waals surface area contributed by atoms with E-state index in [1.165, 1.54) is 5.57 Å². The standard InChI is InChI=1S/C20H32O3/c1-6-19(4)11-8-12-13(17(19)23)14(21)15(22)16-18(2,3)9-7-10-20(12,16)5/h6,14-17,21-23H,1,7-11H2,2-5H3/t14-,15+,16?,17-,19-,20+/m0/s1. The summed E-state index contributed by atoms with van der Waals surface area (Å²) >= 11 is 0. The van der Waals surface area contributed by atoms with Gasteiger partial charge >= 0.3 is 0 Å². The van der Waals surface area contributed by atoms with Gasteiger partial charge in [0.2, 0.25) is 0 Å². The number of hydrogen-bond acceptors (Lipinski definition) is 3. The fraction of sp³-hybridized carbons (Fsp3) is 0.800. The summed E-state index contributed by atoms with van der Waals surface area (Å²) in [4.78, 5) is 0. The summed E-state index contributed by atoms with van der Waals surface area (Å²) in [6, 6.07) is 0.